The Labute approximate surface area is 161 Å². The quantitative estimate of drug-likeness (QED) is 0.663. The maximum Gasteiger partial charge on any atom is 0.247 e. The van der Waals surface area contributed by atoms with Crippen molar-refractivity contribution in [1.29, 1.82) is 5.26 Å². The van der Waals surface area contributed by atoms with E-state index in [1.165, 1.54) is 0 Å². The van der Waals surface area contributed by atoms with Gasteiger partial charge in [-0.2, -0.15) is 10.4 Å². The number of piperazine rings is 2. The van der Waals surface area contributed by atoms with Gasteiger partial charge in [0.15, 0.2) is 6.19 Å². The second-order valence-electron chi connectivity index (χ2n) is 6.99. The number of nitrogens with zero attached hydrogens (tertiary/aromatic N) is 7. The largest absolute Gasteiger partial charge is 0.307 e. The lowest BCUT2D eigenvalue weighted by atomic mass is 10.1. The molecular weight excluding hydrogens is 356 g/mol. The fourth-order valence-corrected chi connectivity index (χ4v) is 3.93. The highest BCUT2D eigenvalue weighted by Crippen LogP contribution is 2.26. The van der Waals surface area contributed by atoms with E-state index in [1.54, 1.807) is 28.4 Å². The van der Waals surface area contributed by atoms with Crippen LogP contribution in [0.15, 0.2) is 36.8 Å². The molecule has 3 aromatic heterocycles. The number of nitrogens with one attached hydrogen (secondary N) is 1. The van der Waals surface area contributed by atoms with Gasteiger partial charge >= 0.3 is 0 Å². The second-order valence-corrected chi connectivity index (χ2v) is 6.99. The fourth-order valence-electron chi connectivity index (χ4n) is 3.93. The first-order valence-corrected chi connectivity index (χ1v) is 9.19. The molecule has 1 N–H and O–H groups in total. The van der Waals surface area contributed by atoms with E-state index in [1.807, 2.05) is 18.2 Å². The van der Waals surface area contributed by atoms with Crippen LogP contribution >= 0.6 is 0 Å². The Bertz CT molecular complexity index is 1070. The summed E-state index contributed by atoms with van der Waals surface area (Å²) in [4.78, 5) is 27.5. The summed E-state index contributed by atoms with van der Waals surface area (Å²) in [5.74, 6) is 0.625. The van der Waals surface area contributed by atoms with Gasteiger partial charge < -0.3 is 4.90 Å². The topological polar surface area (TPSA) is 105 Å². The molecular formula is C19H18N8O. The highest BCUT2D eigenvalue weighted by molar-refractivity contribution is 5.98. The van der Waals surface area contributed by atoms with Crippen LogP contribution in [-0.4, -0.2) is 74.6 Å². The molecule has 0 radical (unpaired) electrons. The molecule has 0 aromatic carbocycles. The molecule has 0 bridgehead atoms. The van der Waals surface area contributed by atoms with Gasteiger partial charge in [0.2, 0.25) is 5.91 Å². The van der Waals surface area contributed by atoms with Gasteiger partial charge in [-0.05, 0) is 18.2 Å². The molecule has 2 saturated heterocycles. The van der Waals surface area contributed by atoms with Crippen LogP contribution < -0.4 is 4.90 Å². The smallest absolute Gasteiger partial charge is 0.247 e. The molecule has 140 valence electrons. The second kappa shape index (κ2) is 6.58. The van der Waals surface area contributed by atoms with E-state index in [4.69, 9.17) is 5.26 Å². The molecule has 0 spiro atoms. The average Bonchev–Trinajstić information content (AvgIpc) is 3.23. The number of pyridine rings is 2. The summed E-state index contributed by atoms with van der Waals surface area (Å²) < 4.78 is 0. The van der Waals surface area contributed by atoms with Gasteiger partial charge in [-0.1, -0.05) is 0 Å². The van der Waals surface area contributed by atoms with E-state index >= 15 is 0 Å². The minimum absolute atomic E-state index is 0.000226. The van der Waals surface area contributed by atoms with E-state index in [0.717, 1.165) is 35.2 Å². The SMILES string of the molecule is N#CN1CCN2CCN(c3ccc(-c4nccc5cn[nH]c45)cn3)C(=O)[C@H]2C1. The van der Waals surface area contributed by atoms with Crippen molar-refractivity contribution < 1.29 is 4.79 Å². The number of hydrogen-bond acceptors (Lipinski definition) is 7. The number of rotatable bonds is 2. The number of hydrogen-bond donors (Lipinski definition) is 1. The Hall–Kier alpha value is -3.51. The maximum atomic E-state index is 13.0. The van der Waals surface area contributed by atoms with Gasteiger partial charge in [0, 0.05) is 49.5 Å². The van der Waals surface area contributed by atoms with Gasteiger partial charge in [-0.15, -0.1) is 0 Å². The van der Waals surface area contributed by atoms with Crippen molar-refractivity contribution in [3.05, 3.63) is 36.8 Å². The van der Waals surface area contributed by atoms with Crippen molar-refractivity contribution in [2.24, 2.45) is 0 Å². The molecule has 28 heavy (non-hydrogen) atoms. The molecule has 5 rings (SSSR count). The lowest BCUT2D eigenvalue weighted by molar-refractivity contribution is -0.127. The Morgan fingerprint density at radius 2 is 2.00 bits per heavy atom. The van der Waals surface area contributed by atoms with Crippen molar-refractivity contribution >= 4 is 22.6 Å². The van der Waals surface area contributed by atoms with Crippen molar-refractivity contribution in [3.8, 4) is 17.5 Å². The number of aromatic amines is 1. The zero-order valence-corrected chi connectivity index (χ0v) is 15.1. The van der Waals surface area contributed by atoms with Gasteiger partial charge in [0.25, 0.3) is 0 Å². The van der Waals surface area contributed by atoms with Crippen LogP contribution in [0.25, 0.3) is 22.2 Å². The van der Waals surface area contributed by atoms with E-state index < -0.39 is 0 Å². The summed E-state index contributed by atoms with van der Waals surface area (Å²) in [6.45, 7) is 3.25. The molecule has 0 unspecified atom stereocenters. The third kappa shape index (κ3) is 2.66. The van der Waals surface area contributed by atoms with Crippen molar-refractivity contribution in [2.75, 3.05) is 37.6 Å². The highest BCUT2D eigenvalue weighted by Gasteiger charge is 2.39. The first-order valence-electron chi connectivity index (χ1n) is 9.19. The Balaban J connectivity index is 1.41. The average molecular weight is 374 g/mol. The first kappa shape index (κ1) is 16.6. The lowest BCUT2D eigenvalue weighted by Gasteiger charge is -2.44. The number of carbonyl (C=O) groups is 1. The van der Waals surface area contributed by atoms with Crippen LogP contribution in [0, 0.1) is 11.5 Å². The number of anilines is 1. The Morgan fingerprint density at radius 1 is 1.11 bits per heavy atom. The number of H-pyrrole nitrogens is 1. The molecule has 3 aromatic rings. The first-order chi connectivity index (χ1) is 13.7. The summed E-state index contributed by atoms with van der Waals surface area (Å²) in [6.07, 6.45) is 7.39. The molecule has 2 aliphatic heterocycles. The minimum atomic E-state index is -0.288. The Morgan fingerprint density at radius 3 is 2.82 bits per heavy atom. The van der Waals surface area contributed by atoms with E-state index in [0.29, 0.717) is 25.5 Å². The van der Waals surface area contributed by atoms with Crippen LogP contribution in [0.3, 0.4) is 0 Å². The van der Waals surface area contributed by atoms with Gasteiger partial charge in [0.1, 0.15) is 11.9 Å². The van der Waals surface area contributed by atoms with Crippen LogP contribution in [0.5, 0.6) is 0 Å². The molecule has 2 fully saturated rings. The molecule has 1 amide bonds. The molecule has 0 aliphatic carbocycles. The third-order valence-electron chi connectivity index (χ3n) is 5.46. The zero-order chi connectivity index (χ0) is 19.1. The van der Waals surface area contributed by atoms with Gasteiger partial charge in [0.05, 0.1) is 24.0 Å². The highest BCUT2D eigenvalue weighted by atomic mass is 16.2. The summed E-state index contributed by atoms with van der Waals surface area (Å²) in [5.41, 5.74) is 2.50. The Kier molecular flexibility index (Phi) is 3.91. The standard InChI is InChI=1S/C19H18N8O/c20-12-25-5-6-26-7-8-27(19(28)15(26)11-25)16-2-1-13(9-22-16)17-18-14(3-4-21-17)10-23-24-18/h1-4,9-10,15H,5-8,11H2,(H,23,24)/t15-/m1/s1. The van der Waals surface area contributed by atoms with Crippen LogP contribution in [0.4, 0.5) is 5.82 Å². The number of nitriles is 1. The fraction of sp³-hybridized carbons (Fsp3) is 0.316. The summed E-state index contributed by atoms with van der Waals surface area (Å²) in [6, 6.07) is 5.39. The lowest BCUT2D eigenvalue weighted by Crippen LogP contribution is -2.64. The molecule has 5 heterocycles. The summed E-state index contributed by atoms with van der Waals surface area (Å²) >= 11 is 0. The molecule has 9 nitrogen and oxygen atoms in total. The molecule has 0 saturated carbocycles. The number of amides is 1. The van der Waals surface area contributed by atoms with Crippen LogP contribution in [-0.2, 0) is 4.79 Å². The van der Waals surface area contributed by atoms with Gasteiger partial charge in [-0.25, -0.2) is 4.98 Å². The number of fused-ring (bicyclic) bond motifs is 2. The minimum Gasteiger partial charge on any atom is -0.307 e. The maximum absolute atomic E-state index is 13.0. The number of aromatic nitrogens is 4. The predicted molar refractivity (Wildman–Crippen MR) is 102 cm³/mol. The predicted octanol–water partition coefficient (Wildman–Crippen LogP) is 0.834. The zero-order valence-electron chi connectivity index (χ0n) is 15.1. The van der Waals surface area contributed by atoms with E-state index in [9.17, 15) is 4.79 Å². The summed E-state index contributed by atoms with van der Waals surface area (Å²) in [7, 11) is 0. The van der Waals surface area contributed by atoms with Crippen molar-refractivity contribution in [2.45, 2.75) is 6.04 Å². The van der Waals surface area contributed by atoms with Gasteiger partial charge in [-0.3, -0.25) is 24.7 Å². The summed E-state index contributed by atoms with van der Waals surface area (Å²) in [5, 5.41) is 17.2. The van der Waals surface area contributed by atoms with Crippen LogP contribution in [0.2, 0.25) is 0 Å². The molecule has 2 aliphatic rings. The number of carbonyl (C=O) groups excluding carboxylic acids is 1. The van der Waals surface area contributed by atoms with E-state index in [2.05, 4.69) is 31.3 Å². The van der Waals surface area contributed by atoms with Crippen LogP contribution in [0.1, 0.15) is 0 Å². The molecule has 9 heteroatoms. The van der Waals surface area contributed by atoms with Crippen molar-refractivity contribution in [1.82, 2.24) is 30.0 Å². The molecule has 1 atom stereocenters. The third-order valence-corrected chi connectivity index (χ3v) is 5.46. The van der Waals surface area contributed by atoms with Crippen molar-refractivity contribution in [3.63, 3.8) is 0 Å². The van der Waals surface area contributed by atoms with E-state index in [-0.39, 0.29) is 11.9 Å². The monoisotopic (exact) mass is 374 g/mol. The normalized spacial score (nSPS) is 20.2.